The lowest BCUT2D eigenvalue weighted by Gasteiger charge is -2.20. The number of hydrogen-bond acceptors (Lipinski definition) is 4. The Morgan fingerprint density at radius 1 is 1.33 bits per heavy atom. The molecule has 1 aliphatic heterocycles. The van der Waals surface area contributed by atoms with E-state index in [9.17, 15) is 4.79 Å². The van der Waals surface area contributed by atoms with Crippen molar-refractivity contribution >= 4 is 11.6 Å². The molecule has 4 rings (SSSR count). The third-order valence-electron chi connectivity index (χ3n) is 4.41. The van der Waals surface area contributed by atoms with Crippen LogP contribution in [0, 0.1) is 0 Å². The number of imidazole rings is 2. The summed E-state index contributed by atoms with van der Waals surface area (Å²) in [6.07, 6.45) is 7.73. The van der Waals surface area contributed by atoms with Crippen molar-refractivity contribution < 1.29 is 9.53 Å². The molecule has 3 aromatic rings. The molecule has 7 nitrogen and oxygen atoms in total. The van der Waals surface area contributed by atoms with Crippen LogP contribution in [0.3, 0.4) is 0 Å². The number of carbonyl (C=O) groups is 1. The number of ether oxygens (including phenoxy) is 1. The molecule has 0 aliphatic carbocycles. The van der Waals surface area contributed by atoms with Crippen LogP contribution in [0.15, 0.2) is 43.0 Å². The Morgan fingerprint density at radius 2 is 2.21 bits per heavy atom. The van der Waals surface area contributed by atoms with E-state index in [1.54, 1.807) is 29.1 Å². The molecular weight excluding hydrogens is 306 g/mol. The first-order chi connectivity index (χ1) is 11.8. The standard InChI is InChI=1S/C17H19N5O2/c1-2-21-9-7-19-16(21)15-12(6-11-24-15)20-17(23)13-4-3-5-14-18-8-10-22(13)14/h3-5,7-10,12,15H,2,6,11H2,1H3,(H,20,23)/t12-,15-/m0/s1. The summed E-state index contributed by atoms with van der Waals surface area (Å²) >= 11 is 0. The minimum absolute atomic E-state index is 0.0935. The maximum Gasteiger partial charge on any atom is 0.268 e. The molecule has 3 aromatic heterocycles. The van der Waals surface area contributed by atoms with Gasteiger partial charge in [0.25, 0.3) is 5.91 Å². The Labute approximate surface area is 139 Å². The molecule has 1 N–H and O–H groups in total. The van der Waals surface area contributed by atoms with Crippen molar-refractivity contribution in [1.29, 1.82) is 0 Å². The molecule has 0 radical (unpaired) electrons. The second-order valence-electron chi connectivity index (χ2n) is 5.80. The summed E-state index contributed by atoms with van der Waals surface area (Å²) in [4.78, 5) is 21.4. The molecule has 1 fully saturated rings. The maximum atomic E-state index is 12.7. The summed E-state index contributed by atoms with van der Waals surface area (Å²) in [5.74, 6) is 0.731. The summed E-state index contributed by atoms with van der Waals surface area (Å²) in [5.41, 5.74) is 1.32. The summed E-state index contributed by atoms with van der Waals surface area (Å²) in [5, 5.41) is 3.10. The highest BCUT2D eigenvalue weighted by Gasteiger charge is 2.34. The van der Waals surface area contributed by atoms with Crippen molar-refractivity contribution in [3.8, 4) is 0 Å². The van der Waals surface area contributed by atoms with E-state index in [-0.39, 0.29) is 18.1 Å². The van der Waals surface area contributed by atoms with Crippen molar-refractivity contribution in [3.63, 3.8) is 0 Å². The molecule has 0 spiro atoms. The maximum absolute atomic E-state index is 12.7. The predicted octanol–water partition coefficient (Wildman–Crippen LogP) is 1.81. The number of carbonyl (C=O) groups excluding carboxylic acids is 1. The van der Waals surface area contributed by atoms with Crippen LogP contribution >= 0.6 is 0 Å². The number of nitrogens with one attached hydrogen (secondary N) is 1. The van der Waals surface area contributed by atoms with Crippen LogP contribution in [0.1, 0.15) is 35.8 Å². The lowest BCUT2D eigenvalue weighted by molar-refractivity contribution is 0.0772. The van der Waals surface area contributed by atoms with E-state index in [0.717, 1.165) is 24.4 Å². The predicted molar refractivity (Wildman–Crippen MR) is 87.7 cm³/mol. The molecule has 24 heavy (non-hydrogen) atoms. The Kier molecular flexibility index (Phi) is 3.78. The molecule has 2 atom stereocenters. The first-order valence-electron chi connectivity index (χ1n) is 8.13. The fourth-order valence-electron chi connectivity index (χ4n) is 3.21. The smallest absolute Gasteiger partial charge is 0.268 e. The van der Waals surface area contributed by atoms with Gasteiger partial charge in [0.2, 0.25) is 0 Å². The minimum atomic E-state index is -0.217. The summed E-state index contributed by atoms with van der Waals surface area (Å²) < 4.78 is 9.68. The average Bonchev–Trinajstić information content (AvgIpc) is 3.33. The molecule has 1 aliphatic rings. The first-order valence-corrected chi connectivity index (χ1v) is 8.13. The number of amides is 1. The molecule has 0 bridgehead atoms. The van der Waals surface area contributed by atoms with Gasteiger partial charge in [-0.15, -0.1) is 0 Å². The lowest BCUT2D eigenvalue weighted by Crippen LogP contribution is -2.38. The number of nitrogens with zero attached hydrogens (tertiary/aromatic N) is 4. The fourth-order valence-corrected chi connectivity index (χ4v) is 3.21. The topological polar surface area (TPSA) is 73.4 Å². The van der Waals surface area contributed by atoms with E-state index in [1.165, 1.54) is 0 Å². The number of hydrogen-bond donors (Lipinski definition) is 1. The van der Waals surface area contributed by atoms with E-state index in [0.29, 0.717) is 12.3 Å². The van der Waals surface area contributed by atoms with Crippen molar-refractivity contribution in [2.24, 2.45) is 0 Å². The quantitative estimate of drug-likeness (QED) is 0.794. The third-order valence-corrected chi connectivity index (χ3v) is 4.41. The van der Waals surface area contributed by atoms with Crippen LogP contribution in [0.2, 0.25) is 0 Å². The van der Waals surface area contributed by atoms with Gasteiger partial charge in [0, 0.05) is 37.9 Å². The van der Waals surface area contributed by atoms with Crippen LogP contribution in [0.4, 0.5) is 0 Å². The van der Waals surface area contributed by atoms with Crippen LogP contribution < -0.4 is 5.32 Å². The molecule has 7 heteroatoms. The molecule has 0 aromatic carbocycles. The van der Waals surface area contributed by atoms with E-state index >= 15 is 0 Å². The minimum Gasteiger partial charge on any atom is -0.368 e. The summed E-state index contributed by atoms with van der Waals surface area (Å²) in [7, 11) is 0. The highest BCUT2D eigenvalue weighted by Crippen LogP contribution is 2.28. The Hall–Kier alpha value is -2.67. The molecular formula is C17H19N5O2. The number of rotatable bonds is 4. The van der Waals surface area contributed by atoms with Gasteiger partial charge in [-0.2, -0.15) is 0 Å². The van der Waals surface area contributed by atoms with Crippen molar-refractivity contribution in [1.82, 2.24) is 24.3 Å². The zero-order valence-electron chi connectivity index (χ0n) is 13.4. The zero-order valence-corrected chi connectivity index (χ0v) is 13.4. The lowest BCUT2D eigenvalue weighted by atomic mass is 10.1. The molecule has 4 heterocycles. The third kappa shape index (κ3) is 2.46. The van der Waals surface area contributed by atoms with Gasteiger partial charge in [0.15, 0.2) is 0 Å². The average molecular weight is 325 g/mol. The van der Waals surface area contributed by atoms with Gasteiger partial charge in [-0.1, -0.05) is 6.07 Å². The first kappa shape index (κ1) is 14.9. The van der Waals surface area contributed by atoms with Crippen LogP contribution in [0.25, 0.3) is 5.65 Å². The largest absolute Gasteiger partial charge is 0.368 e. The van der Waals surface area contributed by atoms with Gasteiger partial charge in [-0.05, 0) is 25.5 Å². The van der Waals surface area contributed by atoms with Crippen molar-refractivity contribution in [2.45, 2.75) is 32.0 Å². The van der Waals surface area contributed by atoms with E-state index in [2.05, 4.69) is 22.2 Å². The van der Waals surface area contributed by atoms with Gasteiger partial charge < -0.3 is 14.6 Å². The van der Waals surface area contributed by atoms with Crippen LogP contribution in [-0.4, -0.2) is 37.5 Å². The van der Waals surface area contributed by atoms with Gasteiger partial charge in [-0.3, -0.25) is 9.20 Å². The summed E-state index contributed by atoms with van der Waals surface area (Å²) in [6, 6.07) is 5.41. The Morgan fingerprint density at radius 3 is 3.08 bits per heavy atom. The van der Waals surface area contributed by atoms with Crippen molar-refractivity contribution in [3.05, 3.63) is 54.5 Å². The highest BCUT2D eigenvalue weighted by atomic mass is 16.5. The SMILES string of the molecule is CCn1ccnc1[C@H]1OCC[C@@H]1NC(=O)c1cccc2nccn12. The number of aryl methyl sites for hydroxylation is 1. The Bertz CT molecular complexity index is 869. The molecule has 0 unspecified atom stereocenters. The molecule has 1 saturated heterocycles. The van der Waals surface area contributed by atoms with Crippen molar-refractivity contribution in [2.75, 3.05) is 6.61 Å². The van der Waals surface area contributed by atoms with E-state index in [4.69, 9.17) is 4.74 Å². The second-order valence-corrected chi connectivity index (χ2v) is 5.80. The number of fused-ring (bicyclic) bond motifs is 1. The molecule has 1 amide bonds. The monoisotopic (exact) mass is 325 g/mol. The summed E-state index contributed by atoms with van der Waals surface area (Å²) in [6.45, 7) is 3.50. The van der Waals surface area contributed by atoms with Gasteiger partial charge >= 0.3 is 0 Å². The van der Waals surface area contributed by atoms with E-state index in [1.807, 2.05) is 22.9 Å². The molecule has 0 saturated carbocycles. The molecule has 124 valence electrons. The zero-order chi connectivity index (χ0) is 16.5. The van der Waals surface area contributed by atoms with Gasteiger partial charge in [-0.25, -0.2) is 9.97 Å². The highest BCUT2D eigenvalue weighted by molar-refractivity contribution is 5.93. The second kappa shape index (κ2) is 6.09. The Balaban J connectivity index is 1.58. The van der Waals surface area contributed by atoms with Gasteiger partial charge in [0.05, 0.1) is 6.04 Å². The normalized spacial score (nSPS) is 20.5. The van der Waals surface area contributed by atoms with Crippen LogP contribution in [-0.2, 0) is 11.3 Å². The number of aromatic nitrogens is 4. The van der Waals surface area contributed by atoms with Gasteiger partial charge in [0.1, 0.15) is 23.3 Å². The fraction of sp³-hybridized carbons (Fsp3) is 0.353. The van der Waals surface area contributed by atoms with Crippen LogP contribution in [0.5, 0.6) is 0 Å². The number of pyridine rings is 1. The van der Waals surface area contributed by atoms with E-state index < -0.39 is 0 Å².